The number of fused-ring (bicyclic) bond motifs is 1. The number of hydrogen-bond acceptors (Lipinski definition) is 2. The van der Waals surface area contributed by atoms with E-state index in [9.17, 15) is 9.59 Å². The predicted octanol–water partition coefficient (Wildman–Crippen LogP) is 2.18. The highest BCUT2D eigenvalue weighted by molar-refractivity contribution is 5.89. The van der Waals surface area contributed by atoms with Crippen molar-refractivity contribution in [3.63, 3.8) is 0 Å². The molecule has 0 unspecified atom stereocenters. The molecule has 1 heterocycles. The van der Waals surface area contributed by atoms with Crippen molar-refractivity contribution in [2.24, 2.45) is 17.8 Å². The number of hydrogen-bond donors (Lipinski definition) is 1. The zero-order chi connectivity index (χ0) is 15.1. The van der Waals surface area contributed by atoms with E-state index in [0.29, 0.717) is 11.8 Å². The van der Waals surface area contributed by atoms with Crippen molar-refractivity contribution in [3.8, 4) is 0 Å². The Morgan fingerprint density at radius 2 is 1.85 bits per heavy atom. The van der Waals surface area contributed by atoms with Crippen LogP contribution in [0.3, 0.4) is 0 Å². The van der Waals surface area contributed by atoms with E-state index in [1.165, 1.54) is 6.42 Å². The maximum Gasteiger partial charge on any atom is 0.243 e. The van der Waals surface area contributed by atoms with Gasteiger partial charge in [-0.3, -0.25) is 9.59 Å². The smallest absolute Gasteiger partial charge is 0.243 e. The fraction of sp³-hybridized carbons (Fsp3) is 0.875. The third kappa shape index (κ3) is 2.99. The van der Waals surface area contributed by atoms with Gasteiger partial charge in [-0.15, -0.1) is 0 Å². The number of amides is 2. The van der Waals surface area contributed by atoms with E-state index in [-0.39, 0.29) is 29.3 Å². The van der Waals surface area contributed by atoms with Crippen LogP contribution in [-0.4, -0.2) is 34.8 Å². The minimum Gasteiger partial charge on any atom is -0.350 e. The summed E-state index contributed by atoms with van der Waals surface area (Å²) in [5, 5.41) is 3.06. The topological polar surface area (TPSA) is 49.4 Å². The van der Waals surface area contributed by atoms with Crippen molar-refractivity contribution in [2.45, 2.75) is 65.5 Å². The summed E-state index contributed by atoms with van der Waals surface area (Å²) in [7, 11) is 0. The summed E-state index contributed by atoms with van der Waals surface area (Å²) in [5.41, 5.74) is -0.250. The summed E-state index contributed by atoms with van der Waals surface area (Å²) in [6.45, 7) is 10.6. The van der Waals surface area contributed by atoms with E-state index in [1.807, 2.05) is 39.5 Å². The minimum absolute atomic E-state index is 0.0286. The minimum atomic E-state index is -0.253. The lowest BCUT2D eigenvalue weighted by molar-refractivity contribution is -0.142. The van der Waals surface area contributed by atoms with Crippen LogP contribution >= 0.6 is 0 Å². The SMILES string of the molecule is CC(C)C(=O)N1C[C@@H]2CCC[C@@H]2[C@H]1C(=O)NC(C)(C)C. The van der Waals surface area contributed by atoms with Gasteiger partial charge in [-0.1, -0.05) is 20.3 Å². The molecule has 1 saturated carbocycles. The number of carbonyl (C=O) groups excluding carboxylic acids is 2. The fourth-order valence-corrected chi connectivity index (χ4v) is 3.64. The first kappa shape index (κ1) is 15.3. The van der Waals surface area contributed by atoms with E-state index >= 15 is 0 Å². The van der Waals surface area contributed by atoms with Gasteiger partial charge in [0.25, 0.3) is 0 Å². The first-order valence-corrected chi connectivity index (χ1v) is 7.83. The highest BCUT2D eigenvalue weighted by Gasteiger charge is 2.49. The Bertz CT molecular complexity index is 398. The average Bonchev–Trinajstić information content (AvgIpc) is 2.83. The highest BCUT2D eigenvalue weighted by atomic mass is 16.2. The molecule has 0 radical (unpaired) electrons. The van der Waals surface area contributed by atoms with Crippen LogP contribution in [0.2, 0.25) is 0 Å². The van der Waals surface area contributed by atoms with Crippen LogP contribution in [0.4, 0.5) is 0 Å². The molecule has 4 heteroatoms. The molecule has 0 aromatic rings. The standard InChI is InChI=1S/C16H28N2O2/c1-10(2)15(20)18-9-11-7-6-8-12(11)13(18)14(19)17-16(3,4)5/h10-13H,6-9H2,1-5H3,(H,17,19)/t11-,12-,13-/m0/s1. The van der Waals surface area contributed by atoms with E-state index in [1.54, 1.807) is 0 Å². The van der Waals surface area contributed by atoms with Crippen molar-refractivity contribution >= 4 is 11.8 Å². The Balaban J connectivity index is 2.19. The molecule has 20 heavy (non-hydrogen) atoms. The molecular formula is C16H28N2O2. The number of likely N-dealkylation sites (tertiary alicyclic amines) is 1. The monoisotopic (exact) mass is 280 g/mol. The summed E-state index contributed by atoms with van der Waals surface area (Å²) in [4.78, 5) is 26.9. The van der Waals surface area contributed by atoms with Crippen molar-refractivity contribution in [1.29, 1.82) is 0 Å². The number of rotatable bonds is 2. The van der Waals surface area contributed by atoms with Gasteiger partial charge in [0.2, 0.25) is 11.8 Å². The number of nitrogens with zero attached hydrogens (tertiary/aromatic N) is 1. The molecule has 1 saturated heterocycles. The van der Waals surface area contributed by atoms with E-state index in [2.05, 4.69) is 5.32 Å². The van der Waals surface area contributed by atoms with Crippen LogP contribution in [0.15, 0.2) is 0 Å². The molecule has 1 aliphatic heterocycles. The van der Waals surface area contributed by atoms with Crippen LogP contribution < -0.4 is 5.32 Å². The van der Waals surface area contributed by atoms with Crippen molar-refractivity contribution in [3.05, 3.63) is 0 Å². The number of nitrogens with one attached hydrogen (secondary N) is 1. The molecule has 0 aromatic carbocycles. The quantitative estimate of drug-likeness (QED) is 0.843. The third-order valence-corrected chi connectivity index (χ3v) is 4.43. The Kier molecular flexibility index (Phi) is 4.12. The zero-order valence-corrected chi connectivity index (χ0v) is 13.4. The summed E-state index contributed by atoms with van der Waals surface area (Å²) in [5.74, 6) is 0.988. The van der Waals surface area contributed by atoms with Gasteiger partial charge in [-0.25, -0.2) is 0 Å². The normalized spacial score (nSPS) is 29.7. The molecule has 2 rings (SSSR count). The number of carbonyl (C=O) groups is 2. The van der Waals surface area contributed by atoms with Crippen molar-refractivity contribution in [1.82, 2.24) is 10.2 Å². The molecule has 114 valence electrons. The molecule has 0 aromatic heterocycles. The molecule has 0 bridgehead atoms. The van der Waals surface area contributed by atoms with Crippen LogP contribution in [0.1, 0.15) is 53.9 Å². The summed E-state index contributed by atoms with van der Waals surface area (Å²) >= 11 is 0. The molecule has 2 amide bonds. The second-order valence-electron chi connectivity index (χ2n) is 7.68. The molecule has 2 aliphatic rings. The van der Waals surface area contributed by atoms with Crippen LogP contribution in [0.5, 0.6) is 0 Å². The largest absolute Gasteiger partial charge is 0.350 e. The highest BCUT2D eigenvalue weighted by Crippen LogP contribution is 2.42. The molecule has 1 N–H and O–H groups in total. The van der Waals surface area contributed by atoms with Crippen LogP contribution in [-0.2, 0) is 9.59 Å². The Labute approximate surface area is 122 Å². The second kappa shape index (κ2) is 5.38. The lowest BCUT2D eigenvalue weighted by Gasteiger charge is -2.31. The van der Waals surface area contributed by atoms with Gasteiger partial charge in [-0.2, -0.15) is 0 Å². The van der Waals surface area contributed by atoms with Gasteiger partial charge in [0.15, 0.2) is 0 Å². The summed E-state index contributed by atoms with van der Waals surface area (Å²) in [6, 6.07) is -0.253. The van der Waals surface area contributed by atoms with Gasteiger partial charge in [0.1, 0.15) is 6.04 Å². The van der Waals surface area contributed by atoms with E-state index in [4.69, 9.17) is 0 Å². The van der Waals surface area contributed by atoms with Gasteiger partial charge in [0.05, 0.1) is 0 Å². The van der Waals surface area contributed by atoms with Crippen LogP contribution in [0.25, 0.3) is 0 Å². The maximum absolute atomic E-state index is 12.6. The molecule has 2 fully saturated rings. The van der Waals surface area contributed by atoms with Crippen LogP contribution in [0, 0.1) is 17.8 Å². The molecule has 1 aliphatic carbocycles. The van der Waals surface area contributed by atoms with E-state index < -0.39 is 0 Å². The second-order valence-corrected chi connectivity index (χ2v) is 7.68. The van der Waals surface area contributed by atoms with Gasteiger partial charge >= 0.3 is 0 Å². The summed E-state index contributed by atoms with van der Waals surface area (Å²) in [6.07, 6.45) is 3.43. The fourth-order valence-electron chi connectivity index (χ4n) is 3.64. The van der Waals surface area contributed by atoms with Crippen molar-refractivity contribution < 1.29 is 9.59 Å². The van der Waals surface area contributed by atoms with Gasteiger partial charge < -0.3 is 10.2 Å². The molecule has 3 atom stereocenters. The van der Waals surface area contributed by atoms with Crippen molar-refractivity contribution in [2.75, 3.05) is 6.54 Å². The first-order chi connectivity index (χ1) is 9.20. The third-order valence-electron chi connectivity index (χ3n) is 4.43. The Morgan fingerprint density at radius 3 is 2.40 bits per heavy atom. The molecule has 0 spiro atoms. The predicted molar refractivity (Wildman–Crippen MR) is 79.1 cm³/mol. The molecule has 4 nitrogen and oxygen atoms in total. The lowest BCUT2D eigenvalue weighted by Crippen LogP contribution is -2.53. The zero-order valence-electron chi connectivity index (χ0n) is 13.4. The van der Waals surface area contributed by atoms with Gasteiger partial charge in [-0.05, 0) is 45.4 Å². The Morgan fingerprint density at radius 1 is 1.20 bits per heavy atom. The maximum atomic E-state index is 12.6. The van der Waals surface area contributed by atoms with Gasteiger partial charge in [0, 0.05) is 18.0 Å². The molecular weight excluding hydrogens is 252 g/mol. The first-order valence-electron chi connectivity index (χ1n) is 7.83. The average molecular weight is 280 g/mol. The summed E-state index contributed by atoms with van der Waals surface area (Å²) < 4.78 is 0. The lowest BCUT2D eigenvalue weighted by atomic mass is 9.92. The van der Waals surface area contributed by atoms with E-state index in [0.717, 1.165) is 19.4 Å². The Hall–Kier alpha value is -1.06.